The Labute approximate surface area is 190 Å². The predicted molar refractivity (Wildman–Crippen MR) is 139 cm³/mol. The number of rotatable bonds is 5. The van der Waals surface area contributed by atoms with Gasteiger partial charge < -0.3 is 4.42 Å². The first-order valence-electron chi connectivity index (χ1n) is 11.4. The van der Waals surface area contributed by atoms with Crippen molar-refractivity contribution in [1.82, 2.24) is 4.98 Å². The Hall–Kier alpha value is -3.17. The van der Waals surface area contributed by atoms with E-state index in [1.165, 1.54) is 15.9 Å². The molecule has 0 fully saturated rings. The number of hydrogen-bond acceptors (Lipinski definition) is 2. The van der Waals surface area contributed by atoms with Gasteiger partial charge in [0.2, 0.25) is 0 Å². The predicted octanol–water partition coefficient (Wildman–Crippen LogP) is 6.67. The lowest BCUT2D eigenvalue weighted by molar-refractivity contribution is 0.649. The van der Waals surface area contributed by atoms with E-state index in [9.17, 15) is 0 Å². The number of nitrogens with zero attached hydrogens (tertiary/aromatic N) is 1. The van der Waals surface area contributed by atoms with E-state index in [1.54, 1.807) is 0 Å². The van der Waals surface area contributed by atoms with Crippen LogP contribution < -0.4 is 10.4 Å². The highest BCUT2D eigenvalue weighted by atomic mass is 28.3. The van der Waals surface area contributed by atoms with E-state index in [0.717, 1.165) is 39.6 Å². The lowest BCUT2D eigenvalue weighted by Gasteiger charge is -2.27. The molecule has 3 aromatic carbocycles. The first kappa shape index (κ1) is 20.7. The van der Waals surface area contributed by atoms with Crippen molar-refractivity contribution in [2.75, 3.05) is 0 Å². The summed E-state index contributed by atoms with van der Waals surface area (Å²) in [4.78, 5) is 4.98. The molecule has 5 rings (SSSR count). The van der Waals surface area contributed by atoms with Gasteiger partial charge in [0, 0.05) is 22.5 Å². The van der Waals surface area contributed by atoms with Gasteiger partial charge in [-0.05, 0) is 53.4 Å². The summed E-state index contributed by atoms with van der Waals surface area (Å²) in [7, 11) is -1.84. The maximum Gasteiger partial charge on any atom is 0.135 e. The second-order valence-corrected chi connectivity index (χ2v) is 14.0. The molecule has 0 aliphatic rings. The zero-order valence-corrected chi connectivity index (χ0v) is 20.2. The number of para-hydroxylation sites is 1. The number of benzene rings is 3. The largest absolute Gasteiger partial charge is 0.456 e. The number of hydrogen-bond donors (Lipinski definition) is 0. The van der Waals surface area contributed by atoms with Crippen LogP contribution in [0.25, 0.3) is 33.2 Å². The molecule has 0 aliphatic heterocycles. The molecule has 32 heavy (non-hydrogen) atoms. The summed E-state index contributed by atoms with van der Waals surface area (Å²) in [6.07, 6.45) is 3.22. The standard InChI is InChI=1S/C29H29NOSi/c1-20(2)16-22-18-26(30-19-29(22)32(3,4)23-10-6-5-7-11-23)21-14-15-28-25(17-21)24-12-8-9-13-27(24)31-28/h5-15,17-20H,16H2,1-4H3. The fourth-order valence-corrected chi connectivity index (χ4v) is 7.42. The molecule has 0 spiro atoms. The Morgan fingerprint density at radius 1 is 0.812 bits per heavy atom. The van der Waals surface area contributed by atoms with Crippen molar-refractivity contribution >= 4 is 40.4 Å². The fraction of sp³-hybridized carbons (Fsp3) is 0.207. The van der Waals surface area contributed by atoms with Gasteiger partial charge in [0.15, 0.2) is 0 Å². The average molecular weight is 436 g/mol. The molecule has 3 heteroatoms. The van der Waals surface area contributed by atoms with E-state index >= 15 is 0 Å². The molecule has 160 valence electrons. The molecule has 0 saturated heterocycles. The molecule has 0 atom stereocenters. The Balaban J connectivity index is 1.63. The van der Waals surface area contributed by atoms with Gasteiger partial charge in [-0.2, -0.15) is 0 Å². The van der Waals surface area contributed by atoms with E-state index in [1.807, 2.05) is 12.1 Å². The summed E-state index contributed by atoms with van der Waals surface area (Å²) in [5.74, 6) is 0.588. The van der Waals surface area contributed by atoms with Gasteiger partial charge >= 0.3 is 0 Å². The summed E-state index contributed by atoms with van der Waals surface area (Å²) < 4.78 is 6.02. The monoisotopic (exact) mass is 435 g/mol. The van der Waals surface area contributed by atoms with Crippen molar-refractivity contribution < 1.29 is 4.42 Å². The lowest BCUT2D eigenvalue weighted by atomic mass is 10.0. The number of fused-ring (bicyclic) bond motifs is 3. The minimum Gasteiger partial charge on any atom is -0.456 e. The van der Waals surface area contributed by atoms with Crippen LogP contribution in [0, 0.1) is 5.92 Å². The first-order valence-corrected chi connectivity index (χ1v) is 14.4. The van der Waals surface area contributed by atoms with E-state index in [-0.39, 0.29) is 0 Å². The van der Waals surface area contributed by atoms with Gasteiger partial charge in [0.05, 0.1) is 5.69 Å². The third-order valence-corrected chi connectivity index (χ3v) is 10.0. The van der Waals surface area contributed by atoms with E-state index in [2.05, 4.69) is 99.9 Å². The Kier molecular flexibility index (Phi) is 5.22. The van der Waals surface area contributed by atoms with Crippen LogP contribution in [0.5, 0.6) is 0 Å². The summed E-state index contributed by atoms with van der Waals surface area (Å²) >= 11 is 0. The normalized spacial score (nSPS) is 12.2. The maximum atomic E-state index is 6.02. The second-order valence-electron chi connectivity index (χ2n) is 9.62. The van der Waals surface area contributed by atoms with Gasteiger partial charge in [0.1, 0.15) is 19.2 Å². The van der Waals surface area contributed by atoms with E-state index in [4.69, 9.17) is 9.40 Å². The molecule has 0 saturated carbocycles. The van der Waals surface area contributed by atoms with Crippen molar-refractivity contribution in [2.24, 2.45) is 5.92 Å². The van der Waals surface area contributed by atoms with Gasteiger partial charge in [-0.3, -0.25) is 4.98 Å². The summed E-state index contributed by atoms with van der Waals surface area (Å²) in [6.45, 7) is 9.47. The Bertz CT molecular complexity index is 1400. The zero-order chi connectivity index (χ0) is 22.3. The van der Waals surface area contributed by atoms with Gasteiger partial charge in [-0.15, -0.1) is 0 Å². The SMILES string of the molecule is CC(C)Cc1cc(-c2ccc3oc4ccccc4c3c2)ncc1[Si](C)(C)c1ccccc1. The minimum atomic E-state index is -1.84. The van der Waals surface area contributed by atoms with Crippen LogP contribution in [0.15, 0.2) is 89.5 Å². The molecule has 2 heterocycles. The number of aromatic nitrogens is 1. The second kappa shape index (κ2) is 8.07. The molecule has 0 radical (unpaired) electrons. The Morgan fingerprint density at radius 3 is 2.31 bits per heavy atom. The molecule has 2 aromatic heterocycles. The molecule has 0 aliphatic carbocycles. The molecule has 0 N–H and O–H groups in total. The van der Waals surface area contributed by atoms with Crippen LogP contribution >= 0.6 is 0 Å². The average Bonchev–Trinajstić information content (AvgIpc) is 3.17. The quantitative estimate of drug-likeness (QED) is 0.288. The van der Waals surface area contributed by atoms with Crippen molar-refractivity contribution in [1.29, 1.82) is 0 Å². The summed E-state index contributed by atoms with van der Waals surface area (Å²) in [5.41, 5.74) is 5.46. The van der Waals surface area contributed by atoms with E-state index in [0.29, 0.717) is 5.92 Å². The van der Waals surface area contributed by atoms with Crippen LogP contribution in [0.1, 0.15) is 19.4 Å². The van der Waals surface area contributed by atoms with Crippen molar-refractivity contribution in [2.45, 2.75) is 33.4 Å². The third kappa shape index (κ3) is 3.67. The lowest BCUT2D eigenvalue weighted by Crippen LogP contribution is -2.54. The highest BCUT2D eigenvalue weighted by molar-refractivity contribution is 7.00. The Morgan fingerprint density at radius 2 is 1.53 bits per heavy atom. The first-order chi connectivity index (χ1) is 15.4. The molecule has 0 amide bonds. The third-order valence-electron chi connectivity index (χ3n) is 6.46. The highest BCUT2D eigenvalue weighted by Crippen LogP contribution is 2.32. The number of pyridine rings is 1. The van der Waals surface area contributed by atoms with E-state index < -0.39 is 8.07 Å². The molecule has 5 aromatic rings. The van der Waals surface area contributed by atoms with Crippen molar-refractivity contribution in [3.63, 3.8) is 0 Å². The summed E-state index contributed by atoms with van der Waals surface area (Å²) in [5, 5.41) is 5.19. The fourth-order valence-electron chi connectivity index (χ4n) is 4.72. The molecular weight excluding hydrogens is 406 g/mol. The van der Waals surface area contributed by atoms with Crippen LogP contribution in [-0.4, -0.2) is 13.1 Å². The van der Waals surface area contributed by atoms with Crippen LogP contribution in [-0.2, 0) is 6.42 Å². The van der Waals surface area contributed by atoms with Gasteiger partial charge in [-0.1, -0.05) is 80.7 Å². The molecule has 0 unspecified atom stereocenters. The molecule has 0 bridgehead atoms. The number of furan rings is 1. The van der Waals surface area contributed by atoms with Crippen LogP contribution in [0.3, 0.4) is 0 Å². The smallest absolute Gasteiger partial charge is 0.135 e. The van der Waals surface area contributed by atoms with Crippen molar-refractivity contribution in [3.05, 3.63) is 90.6 Å². The topological polar surface area (TPSA) is 26.0 Å². The maximum absolute atomic E-state index is 6.02. The van der Waals surface area contributed by atoms with Crippen LogP contribution in [0.4, 0.5) is 0 Å². The van der Waals surface area contributed by atoms with Crippen molar-refractivity contribution in [3.8, 4) is 11.3 Å². The summed E-state index contributed by atoms with van der Waals surface area (Å²) in [6, 6.07) is 27.9. The van der Waals surface area contributed by atoms with Gasteiger partial charge in [-0.25, -0.2) is 0 Å². The molecule has 2 nitrogen and oxygen atoms in total. The minimum absolute atomic E-state index is 0.588. The molecular formula is C29H29NOSi. The highest BCUT2D eigenvalue weighted by Gasteiger charge is 2.29. The zero-order valence-electron chi connectivity index (χ0n) is 19.2. The van der Waals surface area contributed by atoms with Gasteiger partial charge in [0.25, 0.3) is 0 Å². The van der Waals surface area contributed by atoms with Crippen LogP contribution in [0.2, 0.25) is 13.1 Å².